The second kappa shape index (κ2) is 6.87. The van der Waals surface area contributed by atoms with E-state index >= 15 is 0 Å². The minimum Gasteiger partial charge on any atom is -0.341 e. The molecule has 0 bridgehead atoms. The number of likely N-dealkylation sites (tertiary alicyclic amines) is 1. The molecule has 0 radical (unpaired) electrons. The van der Waals surface area contributed by atoms with Crippen LogP contribution in [0.4, 0.5) is 0 Å². The summed E-state index contributed by atoms with van der Waals surface area (Å²) >= 11 is 8.73. The van der Waals surface area contributed by atoms with E-state index in [1.54, 1.807) is 4.68 Å². The number of nitrogens with zero attached hydrogens (tertiary/aromatic N) is 5. The van der Waals surface area contributed by atoms with Crippen molar-refractivity contribution in [3.8, 4) is 11.3 Å². The fraction of sp³-hybridized carbons (Fsp3) is 0.294. The van der Waals surface area contributed by atoms with E-state index in [-0.39, 0.29) is 12.5 Å². The molecule has 3 aromatic rings. The predicted molar refractivity (Wildman–Crippen MR) is 104 cm³/mol. The predicted octanol–water partition coefficient (Wildman–Crippen LogP) is 3.37. The zero-order chi connectivity index (χ0) is 17.4. The molecule has 1 aromatic carbocycles. The van der Waals surface area contributed by atoms with E-state index in [9.17, 15) is 4.79 Å². The molecule has 1 saturated heterocycles. The van der Waals surface area contributed by atoms with Crippen LogP contribution in [0.3, 0.4) is 0 Å². The summed E-state index contributed by atoms with van der Waals surface area (Å²) in [5, 5.41) is 14.3. The zero-order valence-electron chi connectivity index (χ0n) is 13.3. The van der Waals surface area contributed by atoms with Crippen molar-refractivity contribution in [1.29, 1.82) is 0 Å². The summed E-state index contributed by atoms with van der Waals surface area (Å²) in [6.07, 6.45) is 2.13. The SMILES string of the molecule is O=C(Cn1nc(I)c2c(Cl)c(-c3ccccc3)nnc21)N1CCCC1. The van der Waals surface area contributed by atoms with Gasteiger partial charge in [0.2, 0.25) is 5.91 Å². The van der Waals surface area contributed by atoms with Crippen LogP contribution in [0.1, 0.15) is 12.8 Å². The molecule has 0 saturated carbocycles. The molecule has 0 spiro atoms. The molecule has 8 heteroatoms. The van der Waals surface area contributed by atoms with E-state index in [0.29, 0.717) is 16.4 Å². The van der Waals surface area contributed by atoms with Crippen molar-refractivity contribution in [3.63, 3.8) is 0 Å². The first-order valence-corrected chi connectivity index (χ1v) is 9.52. The molecular formula is C17H15ClIN5O. The summed E-state index contributed by atoms with van der Waals surface area (Å²) in [5.74, 6) is 0.0587. The second-order valence-corrected chi connectivity index (χ2v) is 7.36. The third kappa shape index (κ3) is 3.10. The number of rotatable bonds is 3. The molecule has 0 N–H and O–H groups in total. The van der Waals surface area contributed by atoms with E-state index in [0.717, 1.165) is 40.6 Å². The van der Waals surface area contributed by atoms with Crippen molar-refractivity contribution in [2.75, 3.05) is 13.1 Å². The van der Waals surface area contributed by atoms with Gasteiger partial charge < -0.3 is 4.90 Å². The quantitative estimate of drug-likeness (QED) is 0.554. The Hall–Kier alpha value is -1.74. The molecule has 3 heterocycles. The molecule has 2 aromatic heterocycles. The molecule has 4 rings (SSSR count). The molecule has 1 fully saturated rings. The Morgan fingerprint density at radius 1 is 1.16 bits per heavy atom. The van der Waals surface area contributed by atoms with Crippen LogP contribution in [0, 0.1) is 3.70 Å². The largest absolute Gasteiger partial charge is 0.341 e. The number of aromatic nitrogens is 4. The summed E-state index contributed by atoms with van der Waals surface area (Å²) in [4.78, 5) is 14.3. The number of amides is 1. The van der Waals surface area contributed by atoms with Gasteiger partial charge in [-0.05, 0) is 35.4 Å². The van der Waals surface area contributed by atoms with Gasteiger partial charge in [0.1, 0.15) is 15.9 Å². The number of benzene rings is 1. The van der Waals surface area contributed by atoms with Crippen LogP contribution in [-0.4, -0.2) is 43.9 Å². The highest BCUT2D eigenvalue weighted by molar-refractivity contribution is 14.1. The van der Waals surface area contributed by atoms with Gasteiger partial charge in [-0.25, -0.2) is 4.68 Å². The van der Waals surface area contributed by atoms with Gasteiger partial charge in [-0.2, -0.15) is 5.10 Å². The monoisotopic (exact) mass is 467 g/mol. The highest BCUT2D eigenvalue weighted by atomic mass is 127. The van der Waals surface area contributed by atoms with E-state index in [1.165, 1.54) is 0 Å². The fourth-order valence-electron chi connectivity index (χ4n) is 3.06. The van der Waals surface area contributed by atoms with Gasteiger partial charge in [0.25, 0.3) is 0 Å². The minimum atomic E-state index is 0.0587. The normalized spacial score (nSPS) is 14.4. The Morgan fingerprint density at radius 3 is 2.60 bits per heavy atom. The number of carbonyl (C=O) groups excluding carboxylic acids is 1. The van der Waals surface area contributed by atoms with E-state index in [2.05, 4.69) is 37.9 Å². The lowest BCUT2D eigenvalue weighted by Crippen LogP contribution is -2.31. The maximum Gasteiger partial charge on any atom is 0.244 e. The lowest BCUT2D eigenvalue weighted by molar-refractivity contribution is -0.130. The standard InChI is InChI=1S/C17H15ClIN5O/c18-14-13-16(19)22-24(10-12(25)23-8-4-5-9-23)17(13)21-20-15(14)11-6-2-1-3-7-11/h1-3,6-7H,4-5,8-10H2. The average Bonchev–Trinajstić information content (AvgIpc) is 3.25. The van der Waals surface area contributed by atoms with Crippen LogP contribution in [-0.2, 0) is 11.3 Å². The second-order valence-electron chi connectivity index (χ2n) is 5.96. The first-order chi connectivity index (χ1) is 12.1. The van der Waals surface area contributed by atoms with E-state index in [4.69, 9.17) is 11.6 Å². The minimum absolute atomic E-state index is 0.0587. The number of hydrogen-bond donors (Lipinski definition) is 0. The number of hydrogen-bond acceptors (Lipinski definition) is 4. The van der Waals surface area contributed by atoms with Crippen LogP contribution in [0.25, 0.3) is 22.3 Å². The average molecular weight is 468 g/mol. The van der Waals surface area contributed by atoms with Crippen molar-refractivity contribution in [3.05, 3.63) is 39.1 Å². The van der Waals surface area contributed by atoms with Crippen LogP contribution < -0.4 is 0 Å². The van der Waals surface area contributed by atoms with Crippen LogP contribution >= 0.6 is 34.2 Å². The van der Waals surface area contributed by atoms with Crippen molar-refractivity contribution >= 4 is 51.1 Å². The highest BCUT2D eigenvalue weighted by Gasteiger charge is 2.23. The summed E-state index contributed by atoms with van der Waals surface area (Å²) in [5.41, 5.74) is 2.07. The third-order valence-corrected chi connectivity index (χ3v) is 5.47. The highest BCUT2D eigenvalue weighted by Crippen LogP contribution is 2.33. The summed E-state index contributed by atoms with van der Waals surface area (Å²) in [6.45, 7) is 1.80. The Balaban J connectivity index is 1.73. The maximum absolute atomic E-state index is 12.4. The van der Waals surface area contributed by atoms with Crippen LogP contribution in [0.5, 0.6) is 0 Å². The molecule has 1 amide bonds. The molecule has 6 nitrogen and oxygen atoms in total. The Bertz CT molecular complexity index is 937. The van der Waals surface area contributed by atoms with Crippen molar-refractivity contribution in [2.24, 2.45) is 0 Å². The van der Waals surface area contributed by atoms with Gasteiger partial charge in [0.05, 0.1) is 10.4 Å². The first kappa shape index (κ1) is 16.7. The van der Waals surface area contributed by atoms with Crippen LogP contribution in [0.2, 0.25) is 5.02 Å². The number of halogens is 2. The lowest BCUT2D eigenvalue weighted by atomic mass is 10.1. The smallest absolute Gasteiger partial charge is 0.244 e. The van der Waals surface area contributed by atoms with Gasteiger partial charge in [-0.15, -0.1) is 10.2 Å². The molecule has 128 valence electrons. The number of fused-ring (bicyclic) bond motifs is 1. The van der Waals surface area contributed by atoms with Gasteiger partial charge >= 0.3 is 0 Å². The third-order valence-electron chi connectivity index (χ3n) is 4.35. The molecule has 1 aliphatic rings. The maximum atomic E-state index is 12.4. The molecule has 25 heavy (non-hydrogen) atoms. The number of carbonyl (C=O) groups is 1. The molecule has 0 atom stereocenters. The van der Waals surface area contributed by atoms with Crippen molar-refractivity contribution in [2.45, 2.75) is 19.4 Å². The van der Waals surface area contributed by atoms with Gasteiger partial charge in [0, 0.05) is 18.7 Å². The van der Waals surface area contributed by atoms with Crippen LogP contribution in [0.15, 0.2) is 30.3 Å². The lowest BCUT2D eigenvalue weighted by Gasteiger charge is -2.15. The zero-order valence-corrected chi connectivity index (χ0v) is 16.2. The molecule has 0 aliphatic carbocycles. The topological polar surface area (TPSA) is 63.9 Å². The summed E-state index contributed by atoms with van der Waals surface area (Å²) in [7, 11) is 0. The molecular weight excluding hydrogens is 453 g/mol. The fourth-order valence-corrected chi connectivity index (χ4v) is 4.31. The van der Waals surface area contributed by atoms with Crippen molar-refractivity contribution in [1.82, 2.24) is 24.9 Å². The first-order valence-electron chi connectivity index (χ1n) is 8.06. The Morgan fingerprint density at radius 2 is 1.88 bits per heavy atom. The van der Waals surface area contributed by atoms with Gasteiger partial charge in [0.15, 0.2) is 5.65 Å². The van der Waals surface area contributed by atoms with Crippen molar-refractivity contribution < 1.29 is 4.79 Å². The van der Waals surface area contributed by atoms with E-state index < -0.39 is 0 Å². The summed E-state index contributed by atoms with van der Waals surface area (Å²) < 4.78 is 2.32. The summed E-state index contributed by atoms with van der Waals surface area (Å²) in [6, 6.07) is 9.68. The van der Waals surface area contributed by atoms with Gasteiger partial charge in [-0.3, -0.25) is 4.79 Å². The molecule has 1 aliphatic heterocycles. The van der Waals surface area contributed by atoms with E-state index in [1.807, 2.05) is 35.2 Å². The Kier molecular flexibility index (Phi) is 4.60. The Labute approximate surface area is 163 Å². The molecule has 0 unspecified atom stereocenters. The van der Waals surface area contributed by atoms with Gasteiger partial charge in [-0.1, -0.05) is 41.9 Å².